The standard InChI is InChI=1S/C17H24F2N2O2.ClH/c1-23-10-9-20-11-15(22)21-12-17(7-2-3-8-17)16-13(18)5-4-6-14(16)19;/h4-6,20H,2-3,7-12H2,1H3,(H,21,22);1H. The average Bonchev–Trinajstić information content (AvgIpc) is 2.99. The van der Waals surface area contributed by atoms with E-state index < -0.39 is 17.0 Å². The van der Waals surface area contributed by atoms with Crippen LogP contribution in [0.4, 0.5) is 8.78 Å². The summed E-state index contributed by atoms with van der Waals surface area (Å²) < 4.78 is 33.2. The van der Waals surface area contributed by atoms with Crippen molar-refractivity contribution in [2.24, 2.45) is 0 Å². The number of ether oxygens (including phenoxy) is 1. The smallest absolute Gasteiger partial charge is 0.233 e. The van der Waals surface area contributed by atoms with Crippen molar-refractivity contribution in [2.75, 3.05) is 33.4 Å². The van der Waals surface area contributed by atoms with Crippen LogP contribution in [0.1, 0.15) is 31.2 Å². The fraction of sp³-hybridized carbons (Fsp3) is 0.588. The summed E-state index contributed by atoms with van der Waals surface area (Å²) in [5, 5.41) is 5.77. The molecule has 0 aliphatic heterocycles. The van der Waals surface area contributed by atoms with Crippen LogP contribution in [0.3, 0.4) is 0 Å². The highest BCUT2D eigenvalue weighted by Crippen LogP contribution is 2.42. The van der Waals surface area contributed by atoms with Gasteiger partial charge in [0.25, 0.3) is 0 Å². The number of carbonyl (C=O) groups is 1. The number of benzene rings is 1. The maximum atomic E-state index is 14.2. The minimum atomic E-state index is -0.641. The molecule has 2 N–H and O–H groups in total. The van der Waals surface area contributed by atoms with Crippen LogP contribution >= 0.6 is 12.4 Å². The summed E-state index contributed by atoms with van der Waals surface area (Å²) in [4.78, 5) is 11.9. The molecule has 1 aliphatic rings. The predicted molar refractivity (Wildman–Crippen MR) is 91.5 cm³/mol. The van der Waals surface area contributed by atoms with Crippen molar-refractivity contribution in [3.63, 3.8) is 0 Å². The molecule has 1 aliphatic carbocycles. The molecule has 0 aromatic heterocycles. The third kappa shape index (κ3) is 5.13. The molecule has 1 aromatic carbocycles. The lowest BCUT2D eigenvalue weighted by Gasteiger charge is -2.30. The lowest BCUT2D eigenvalue weighted by molar-refractivity contribution is -0.120. The van der Waals surface area contributed by atoms with E-state index in [1.807, 2.05) is 0 Å². The molecule has 0 atom stereocenters. The van der Waals surface area contributed by atoms with Gasteiger partial charge in [-0.1, -0.05) is 18.9 Å². The molecule has 24 heavy (non-hydrogen) atoms. The summed E-state index contributed by atoms with van der Waals surface area (Å²) >= 11 is 0. The van der Waals surface area contributed by atoms with Crippen molar-refractivity contribution in [3.8, 4) is 0 Å². The van der Waals surface area contributed by atoms with E-state index in [2.05, 4.69) is 10.6 Å². The number of methoxy groups -OCH3 is 1. The van der Waals surface area contributed by atoms with Gasteiger partial charge < -0.3 is 15.4 Å². The van der Waals surface area contributed by atoms with Crippen molar-refractivity contribution in [1.82, 2.24) is 10.6 Å². The fourth-order valence-corrected chi connectivity index (χ4v) is 3.28. The van der Waals surface area contributed by atoms with Gasteiger partial charge in [-0.3, -0.25) is 4.79 Å². The number of rotatable bonds is 8. The number of hydrogen-bond acceptors (Lipinski definition) is 3. The molecular weight excluding hydrogens is 338 g/mol. The summed E-state index contributed by atoms with van der Waals surface area (Å²) in [6, 6.07) is 3.94. The molecule has 1 saturated carbocycles. The van der Waals surface area contributed by atoms with Crippen molar-refractivity contribution < 1.29 is 18.3 Å². The molecule has 1 amide bonds. The van der Waals surface area contributed by atoms with Gasteiger partial charge >= 0.3 is 0 Å². The molecule has 0 unspecified atom stereocenters. The van der Waals surface area contributed by atoms with Gasteiger partial charge in [0.15, 0.2) is 0 Å². The van der Waals surface area contributed by atoms with Crippen LogP contribution in [-0.2, 0) is 14.9 Å². The lowest BCUT2D eigenvalue weighted by Crippen LogP contribution is -2.43. The second-order valence-electron chi connectivity index (χ2n) is 6.03. The molecule has 0 radical (unpaired) electrons. The minimum Gasteiger partial charge on any atom is -0.383 e. The Morgan fingerprint density at radius 1 is 1.25 bits per heavy atom. The zero-order chi connectivity index (χ0) is 16.7. The number of amides is 1. The van der Waals surface area contributed by atoms with Gasteiger partial charge in [-0.2, -0.15) is 0 Å². The first-order valence-electron chi connectivity index (χ1n) is 8.00. The Kier molecular flexibility index (Phi) is 8.59. The van der Waals surface area contributed by atoms with Gasteiger partial charge in [0.05, 0.1) is 13.2 Å². The van der Waals surface area contributed by atoms with Crippen LogP contribution < -0.4 is 10.6 Å². The summed E-state index contributed by atoms with van der Waals surface area (Å²) in [6.45, 7) is 1.53. The third-order valence-corrected chi connectivity index (χ3v) is 4.45. The van der Waals surface area contributed by atoms with Gasteiger partial charge in [0.2, 0.25) is 5.91 Å². The zero-order valence-corrected chi connectivity index (χ0v) is 14.7. The first-order chi connectivity index (χ1) is 11.1. The average molecular weight is 363 g/mol. The van der Waals surface area contributed by atoms with Crippen LogP contribution in [0.5, 0.6) is 0 Å². The van der Waals surface area contributed by atoms with Crippen molar-refractivity contribution in [1.29, 1.82) is 0 Å². The Bertz CT molecular complexity index is 517. The van der Waals surface area contributed by atoms with Crippen molar-refractivity contribution >= 4 is 18.3 Å². The van der Waals surface area contributed by atoms with Crippen LogP contribution in [0.15, 0.2) is 18.2 Å². The SMILES string of the molecule is COCCNCC(=O)NCC1(c2c(F)cccc2F)CCCC1.Cl. The van der Waals surface area contributed by atoms with E-state index in [1.165, 1.54) is 18.2 Å². The molecule has 4 nitrogen and oxygen atoms in total. The molecule has 136 valence electrons. The number of nitrogens with one attached hydrogen (secondary N) is 2. The quantitative estimate of drug-likeness (QED) is 0.699. The molecular formula is C17H25ClF2N2O2. The maximum Gasteiger partial charge on any atom is 0.233 e. The molecule has 7 heteroatoms. The first-order valence-corrected chi connectivity index (χ1v) is 8.00. The summed E-state index contributed by atoms with van der Waals surface area (Å²) in [7, 11) is 1.59. The first kappa shape index (κ1) is 20.8. The Hall–Kier alpha value is -1.24. The van der Waals surface area contributed by atoms with E-state index in [1.54, 1.807) is 7.11 Å². The Morgan fingerprint density at radius 2 is 1.88 bits per heavy atom. The highest BCUT2D eigenvalue weighted by atomic mass is 35.5. The number of carbonyl (C=O) groups excluding carboxylic acids is 1. The van der Waals surface area contributed by atoms with E-state index >= 15 is 0 Å². The molecule has 0 spiro atoms. The normalized spacial score (nSPS) is 15.8. The van der Waals surface area contributed by atoms with Crippen LogP contribution in [-0.4, -0.2) is 39.3 Å². The second kappa shape index (κ2) is 9.91. The topological polar surface area (TPSA) is 50.4 Å². The van der Waals surface area contributed by atoms with E-state index in [0.29, 0.717) is 26.0 Å². The highest BCUT2D eigenvalue weighted by Gasteiger charge is 2.40. The predicted octanol–water partition coefficient (Wildman–Crippen LogP) is 2.55. The van der Waals surface area contributed by atoms with E-state index in [0.717, 1.165) is 12.8 Å². The van der Waals surface area contributed by atoms with E-state index in [-0.39, 0.29) is 37.0 Å². The maximum absolute atomic E-state index is 14.2. The second-order valence-corrected chi connectivity index (χ2v) is 6.03. The van der Waals surface area contributed by atoms with Crippen LogP contribution in [0.2, 0.25) is 0 Å². The summed E-state index contributed by atoms with van der Waals surface area (Å²) in [6.07, 6.45) is 3.19. The molecule has 0 bridgehead atoms. The third-order valence-electron chi connectivity index (χ3n) is 4.45. The van der Waals surface area contributed by atoms with Gasteiger partial charge in [-0.05, 0) is 25.0 Å². The van der Waals surface area contributed by atoms with E-state index in [9.17, 15) is 13.6 Å². The molecule has 0 heterocycles. The largest absolute Gasteiger partial charge is 0.383 e. The van der Waals surface area contributed by atoms with Crippen molar-refractivity contribution in [2.45, 2.75) is 31.1 Å². The summed E-state index contributed by atoms with van der Waals surface area (Å²) in [5.41, 5.74) is -0.525. The molecule has 1 fully saturated rings. The number of hydrogen-bond donors (Lipinski definition) is 2. The highest BCUT2D eigenvalue weighted by molar-refractivity contribution is 5.85. The Balaban J connectivity index is 0.00000288. The Morgan fingerprint density at radius 3 is 2.46 bits per heavy atom. The van der Waals surface area contributed by atoms with Crippen molar-refractivity contribution in [3.05, 3.63) is 35.4 Å². The van der Waals surface area contributed by atoms with Crippen LogP contribution in [0, 0.1) is 11.6 Å². The van der Waals surface area contributed by atoms with Gasteiger partial charge in [-0.15, -0.1) is 12.4 Å². The molecule has 2 rings (SSSR count). The van der Waals surface area contributed by atoms with Gasteiger partial charge in [0, 0.05) is 31.2 Å². The van der Waals surface area contributed by atoms with E-state index in [4.69, 9.17) is 4.74 Å². The van der Waals surface area contributed by atoms with Gasteiger partial charge in [0.1, 0.15) is 11.6 Å². The minimum absolute atomic E-state index is 0. The molecule has 1 aromatic rings. The van der Waals surface area contributed by atoms with Gasteiger partial charge in [-0.25, -0.2) is 8.78 Å². The molecule has 0 saturated heterocycles. The fourth-order valence-electron chi connectivity index (χ4n) is 3.28. The summed E-state index contributed by atoms with van der Waals surface area (Å²) in [5.74, 6) is -1.23. The zero-order valence-electron chi connectivity index (χ0n) is 13.9. The Labute approximate surface area is 147 Å². The monoisotopic (exact) mass is 362 g/mol. The lowest BCUT2D eigenvalue weighted by atomic mass is 9.78. The van der Waals surface area contributed by atoms with Crippen LogP contribution in [0.25, 0.3) is 0 Å². The number of halogens is 3.